The number of esters is 1. The Morgan fingerprint density at radius 1 is 1.04 bits per heavy atom. The van der Waals surface area contributed by atoms with Crippen molar-refractivity contribution in [2.75, 3.05) is 5.32 Å². The van der Waals surface area contributed by atoms with Gasteiger partial charge in [0.05, 0.1) is 0 Å². The minimum Gasteiger partial charge on any atom is -0.442 e. The fourth-order valence-electron chi connectivity index (χ4n) is 2.96. The highest BCUT2D eigenvalue weighted by molar-refractivity contribution is 9.10. The van der Waals surface area contributed by atoms with Gasteiger partial charge in [0, 0.05) is 22.6 Å². The number of rotatable bonds is 8. The second kappa shape index (κ2) is 9.60. The number of anilines is 1. The fraction of sp³-hybridized carbons (Fsp3) is 0.261. The number of halogens is 1. The lowest BCUT2D eigenvalue weighted by atomic mass is 10.0. The third-order valence-corrected chi connectivity index (χ3v) is 5.03. The van der Waals surface area contributed by atoms with Crippen LogP contribution >= 0.6 is 15.9 Å². The summed E-state index contributed by atoms with van der Waals surface area (Å²) in [6.45, 7) is 4.22. The van der Waals surface area contributed by atoms with E-state index in [0.717, 1.165) is 16.6 Å². The highest BCUT2D eigenvalue weighted by Gasteiger charge is 2.23. The van der Waals surface area contributed by atoms with E-state index in [4.69, 9.17) is 4.74 Å². The first-order valence-corrected chi connectivity index (χ1v) is 10.2. The Hall–Kier alpha value is -2.53. The minimum absolute atomic E-state index is 0.106. The van der Waals surface area contributed by atoms with Crippen molar-refractivity contribution in [2.24, 2.45) is 5.92 Å². The average Bonchev–Trinajstić information content (AvgIpc) is 3.13. The normalized spacial score (nSPS) is 12.0. The molecule has 28 heavy (non-hydrogen) atoms. The number of nitrogens with one attached hydrogen (secondary N) is 1. The van der Waals surface area contributed by atoms with Crippen molar-refractivity contribution >= 4 is 27.6 Å². The first-order valence-electron chi connectivity index (χ1n) is 9.38. The van der Waals surface area contributed by atoms with Crippen LogP contribution < -0.4 is 5.32 Å². The maximum atomic E-state index is 12.6. The van der Waals surface area contributed by atoms with Gasteiger partial charge in [0.25, 0.3) is 0 Å². The first-order chi connectivity index (χ1) is 13.5. The Morgan fingerprint density at radius 2 is 1.75 bits per heavy atom. The molecule has 4 nitrogen and oxygen atoms in total. The Balaban J connectivity index is 1.56. The van der Waals surface area contributed by atoms with E-state index in [-0.39, 0.29) is 18.6 Å². The number of hydrogen-bond donors (Lipinski definition) is 1. The van der Waals surface area contributed by atoms with Crippen LogP contribution in [0.1, 0.15) is 25.0 Å². The minimum atomic E-state index is -0.402. The van der Waals surface area contributed by atoms with Crippen molar-refractivity contribution in [1.82, 2.24) is 4.57 Å². The maximum Gasteiger partial charge on any atom is 0.330 e. The van der Waals surface area contributed by atoms with E-state index in [0.29, 0.717) is 0 Å². The number of carbonyl (C=O) groups excluding carboxylic acids is 1. The topological polar surface area (TPSA) is 43.3 Å². The maximum absolute atomic E-state index is 12.6. The summed E-state index contributed by atoms with van der Waals surface area (Å²) >= 11 is 3.42. The lowest BCUT2D eigenvalue weighted by Crippen LogP contribution is -2.36. The molecule has 1 unspecified atom stereocenters. The predicted octanol–water partition coefficient (Wildman–Crippen LogP) is 5.48. The number of benzene rings is 2. The third kappa shape index (κ3) is 5.73. The molecular weight excluding hydrogens is 416 g/mol. The zero-order valence-electron chi connectivity index (χ0n) is 16.1. The smallest absolute Gasteiger partial charge is 0.330 e. The number of ether oxygens (including phenoxy) is 1. The zero-order valence-corrected chi connectivity index (χ0v) is 17.7. The molecule has 0 aliphatic carbocycles. The van der Waals surface area contributed by atoms with Crippen LogP contribution in [0.4, 0.5) is 5.69 Å². The third-order valence-electron chi connectivity index (χ3n) is 4.51. The second-order valence-corrected chi connectivity index (χ2v) is 8.08. The van der Waals surface area contributed by atoms with Gasteiger partial charge in [-0.3, -0.25) is 0 Å². The van der Waals surface area contributed by atoms with Crippen molar-refractivity contribution < 1.29 is 9.53 Å². The van der Waals surface area contributed by atoms with Crippen molar-refractivity contribution in [3.63, 3.8) is 0 Å². The SMILES string of the molecule is CC(C)C(Nc1ccc(Br)cc1)C(=O)OCn1ccc(Cc2ccccc2)c1. The molecule has 3 aromatic rings. The summed E-state index contributed by atoms with van der Waals surface area (Å²) in [7, 11) is 0. The standard InChI is InChI=1S/C23H25BrN2O2/c1-17(2)22(25-21-10-8-20(24)9-11-21)23(27)28-16-26-13-12-19(15-26)14-18-6-4-3-5-7-18/h3-13,15,17,22,25H,14,16H2,1-2H3. The zero-order chi connectivity index (χ0) is 19.9. The first kappa shape index (κ1) is 20.2. The van der Waals surface area contributed by atoms with Crippen molar-refractivity contribution in [1.29, 1.82) is 0 Å². The molecule has 0 aliphatic heterocycles. The van der Waals surface area contributed by atoms with Crippen LogP contribution in [0.15, 0.2) is 77.5 Å². The molecule has 3 rings (SSSR count). The highest BCUT2D eigenvalue weighted by Crippen LogP contribution is 2.18. The summed E-state index contributed by atoms with van der Waals surface area (Å²) in [6.07, 6.45) is 4.83. The summed E-state index contributed by atoms with van der Waals surface area (Å²) in [6, 6.07) is 19.7. The van der Waals surface area contributed by atoms with Gasteiger partial charge in [-0.15, -0.1) is 0 Å². The molecule has 0 radical (unpaired) electrons. The summed E-state index contributed by atoms with van der Waals surface area (Å²) in [5.41, 5.74) is 3.34. The van der Waals surface area contributed by atoms with Crippen LogP contribution in [0.25, 0.3) is 0 Å². The molecule has 1 aromatic heterocycles. The predicted molar refractivity (Wildman–Crippen MR) is 116 cm³/mol. The Bertz CT molecular complexity index is 888. The van der Waals surface area contributed by atoms with Gasteiger partial charge in [-0.05, 0) is 53.8 Å². The van der Waals surface area contributed by atoms with Crippen LogP contribution in [0, 0.1) is 5.92 Å². The van der Waals surface area contributed by atoms with E-state index in [2.05, 4.69) is 39.4 Å². The largest absolute Gasteiger partial charge is 0.442 e. The van der Waals surface area contributed by atoms with E-state index >= 15 is 0 Å². The van der Waals surface area contributed by atoms with E-state index in [1.54, 1.807) is 0 Å². The van der Waals surface area contributed by atoms with Gasteiger partial charge in [-0.1, -0.05) is 60.1 Å². The lowest BCUT2D eigenvalue weighted by molar-refractivity contribution is -0.149. The van der Waals surface area contributed by atoms with Gasteiger partial charge in [-0.2, -0.15) is 0 Å². The van der Waals surface area contributed by atoms with Crippen molar-refractivity contribution in [3.05, 3.63) is 88.7 Å². The van der Waals surface area contributed by atoms with Crippen molar-refractivity contribution in [2.45, 2.75) is 33.0 Å². The molecule has 0 aliphatic rings. The molecule has 5 heteroatoms. The highest BCUT2D eigenvalue weighted by atomic mass is 79.9. The quantitative estimate of drug-likeness (QED) is 0.471. The molecular formula is C23H25BrN2O2. The Kier molecular flexibility index (Phi) is 6.93. The molecule has 146 valence electrons. The summed E-state index contributed by atoms with van der Waals surface area (Å²) in [4.78, 5) is 12.6. The van der Waals surface area contributed by atoms with E-state index < -0.39 is 6.04 Å². The van der Waals surface area contributed by atoms with Gasteiger partial charge < -0.3 is 14.6 Å². The average molecular weight is 441 g/mol. The molecule has 1 atom stereocenters. The molecule has 0 spiro atoms. The van der Waals surface area contributed by atoms with Crippen LogP contribution in [0.5, 0.6) is 0 Å². The summed E-state index contributed by atoms with van der Waals surface area (Å²) < 4.78 is 8.46. The van der Waals surface area contributed by atoms with E-state index in [1.165, 1.54) is 11.1 Å². The van der Waals surface area contributed by atoms with Crippen LogP contribution in [-0.4, -0.2) is 16.6 Å². The number of carbonyl (C=O) groups is 1. The van der Waals surface area contributed by atoms with Crippen LogP contribution in [0.2, 0.25) is 0 Å². The Morgan fingerprint density at radius 3 is 2.43 bits per heavy atom. The molecule has 1 N–H and O–H groups in total. The molecule has 0 saturated heterocycles. The van der Waals surface area contributed by atoms with Gasteiger partial charge in [0.2, 0.25) is 0 Å². The van der Waals surface area contributed by atoms with Crippen LogP contribution in [0.3, 0.4) is 0 Å². The van der Waals surface area contributed by atoms with Gasteiger partial charge in [-0.25, -0.2) is 4.79 Å². The second-order valence-electron chi connectivity index (χ2n) is 7.16. The molecule has 0 saturated carbocycles. The van der Waals surface area contributed by atoms with Crippen LogP contribution in [-0.2, 0) is 22.7 Å². The molecule has 1 heterocycles. The fourth-order valence-corrected chi connectivity index (χ4v) is 3.22. The number of aromatic nitrogens is 1. The molecule has 0 amide bonds. The molecule has 2 aromatic carbocycles. The monoisotopic (exact) mass is 440 g/mol. The molecule has 0 fully saturated rings. The van der Waals surface area contributed by atoms with Gasteiger partial charge in [0.15, 0.2) is 6.73 Å². The number of nitrogens with zero attached hydrogens (tertiary/aromatic N) is 1. The lowest BCUT2D eigenvalue weighted by Gasteiger charge is -2.22. The molecule has 0 bridgehead atoms. The van der Waals surface area contributed by atoms with Crippen molar-refractivity contribution in [3.8, 4) is 0 Å². The summed E-state index contributed by atoms with van der Waals surface area (Å²) in [5.74, 6) is -0.148. The Labute approximate surface area is 174 Å². The van der Waals surface area contributed by atoms with E-state index in [1.807, 2.05) is 73.3 Å². The van der Waals surface area contributed by atoms with E-state index in [9.17, 15) is 4.79 Å². The number of hydrogen-bond acceptors (Lipinski definition) is 3. The summed E-state index contributed by atoms with van der Waals surface area (Å²) in [5, 5.41) is 3.27. The van der Waals surface area contributed by atoms with Gasteiger partial charge >= 0.3 is 5.97 Å². The van der Waals surface area contributed by atoms with Gasteiger partial charge in [0.1, 0.15) is 6.04 Å².